The topological polar surface area (TPSA) is 27.7 Å². The van der Waals surface area contributed by atoms with Crippen LogP contribution in [0.15, 0.2) is 60.7 Å². The fourth-order valence-corrected chi connectivity index (χ4v) is 10.5. The second kappa shape index (κ2) is 8.14. The fourth-order valence-electron chi connectivity index (χ4n) is 5.87. The van der Waals surface area contributed by atoms with Gasteiger partial charge in [0.05, 0.1) is 12.7 Å². The number of methoxy groups -OCH3 is 1. The van der Waals surface area contributed by atoms with E-state index in [9.17, 15) is 0 Å². The average molecular weight is 438 g/mol. The second-order valence-electron chi connectivity index (χ2n) is 9.98. The SMILES string of the molecule is [B][C@@H]1O[C@@]2(CO[Si](c3ccccc3)(c3ccccc3)C(C)(C)C)C(F)C(C)[C@H]1[C@@H]2OC. The Hall–Kier alpha value is -1.47. The highest BCUT2D eigenvalue weighted by Crippen LogP contribution is 2.54. The number of hydrogen-bond donors (Lipinski definition) is 0. The van der Waals surface area contributed by atoms with Crippen LogP contribution < -0.4 is 10.4 Å². The molecule has 6 atom stereocenters. The summed E-state index contributed by atoms with van der Waals surface area (Å²) in [6.45, 7) is 8.62. The zero-order chi connectivity index (χ0) is 22.4. The summed E-state index contributed by atoms with van der Waals surface area (Å²) < 4.78 is 34.5. The largest absolute Gasteiger partial charge is 0.404 e. The molecule has 4 rings (SSSR count). The Morgan fingerprint density at radius 2 is 1.55 bits per heavy atom. The van der Waals surface area contributed by atoms with Crippen LogP contribution in [-0.2, 0) is 13.9 Å². The van der Waals surface area contributed by atoms with Crippen molar-refractivity contribution in [3.63, 3.8) is 0 Å². The van der Waals surface area contributed by atoms with E-state index in [0.717, 1.165) is 10.4 Å². The van der Waals surface area contributed by atoms with Gasteiger partial charge < -0.3 is 13.9 Å². The summed E-state index contributed by atoms with van der Waals surface area (Å²) in [5.74, 6) is -0.417. The van der Waals surface area contributed by atoms with Crippen LogP contribution in [0.5, 0.6) is 0 Å². The summed E-state index contributed by atoms with van der Waals surface area (Å²) in [7, 11) is 5.05. The molecule has 0 aromatic heterocycles. The van der Waals surface area contributed by atoms with Crippen LogP contribution in [-0.4, -0.2) is 53.8 Å². The van der Waals surface area contributed by atoms with Crippen molar-refractivity contribution >= 4 is 26.5 Å². The molecule has 31 heavy (non-hydrogen) atoms. The van der Waals surface area contributed by atoms with Crippen molar-refractivity contribution in [1.82, 2.24) is 0 Å². The molecule has 2 unspecified atom stereocenters. The minimum atomic E-state index is -2.82. The van der Waals surface area contributed by atoms with Gasteiger partial charge in [0.25, 0.3) is 8.32 Å². The number of rotatable bonds is 6. The van der Waals surface area contributed by atoms with Crippen molar-refractivity contribution < 1.29 is 18.3 Å². The van der Waals surface area contributed by atoms with E-state index in [-0.39, 0.29) is 23.5 Å². The van der Waals surface area contributed by atoms with Gasteiger partial charge in [0.15, 0.2) is 0 Å². The van der Waals surface area contributed by atoms with E-state index in [1.54, 1.807) is 7.11 Å². The normalized spacial score (nSPS) is 33.0. The molecule has 164 valence electrons. The number of hydrogen-bond acceptors (Lipinski definition) is 3. The monoisotopic (exact) mass is 438 g/mol. The third kappa shape index (κ3) is 3.34. The van der Waals surface area contributed by atoms with E-state index in [4.69, 9.17) is 21.7 Å². The average Bonchev–Trinajstić information content (AvgIpc) is 3.15. The van der Waals surface area contributed by atoms with Crippen LogP contribution in [0.3, 0.4) is 0 Å². The van der Waals surface area contributed by atoms with Crippen LogP contribution in [0, 0.1) is 11.8 Å². The third-order valence-corrected chi connectivity index (χ3v) is 12.3. The molecule has 1 saturated heterocycles. The van der Waals surface area contributed by atoms with Gasteiger partial charge in [0.2, 0.25) is 0 Å². The highest BCUT2D eigenvalue weighted by molar-refractivity contribution is 6.99. The molecule has 0 N–H and O–H groups in total. The molecule has 0 amide bonds. The molecule has 3 nitrogen and oxygen atoms in total. The molecule has 1 aliphatic heterocycles. The Balaban J connectivity index is 1.81. The van der Waals surface area contributed by atoms with Crippen molar-refractivity contribution in [2.45, 2.75) is 56.6 Å². The van der Waals surface area contributed by atoms with Gasteiger partial charge in [0.1, 0.15) is 19.6 Å². The lowest BCUT2D eigenvalue weighted by Gasteiger charge is -2.46. The van der Waals surface area contributed by atoms with Crippen LogP contribution in [0.25, 0.3) is 0 Å². The molecular formula is C25H32BFO3Si. The predicted molar refractivity (Wildman–Crippen MR) is 125 cm³/mol. The molecule has 2 fully saturated rings. The molecule has 2 aromatic carbocycles. The summed E-state index contributed by atoms with van der Waals surface area (Å²) in [6.07, 6.45) is -1.62. The molecule has 2 aromatic rings. The summed E-state index contributed by atoms with van der Waals surface area (Å²) in [4.78, 5) is 0. The number of benzene rings is 2. The highest BCUT2D eigenvalue weighted by Gasteiger charge is 2.69. The van der Waals surface area contributed by atoms with Crippen molar-refractivity contribution in [3.05, 3.63) is 60.7 Å². The van der Waals surface area contributed by atoms with Crippen molar-refractivity contribution in [3.8, 4) is 0 Å². The van der Waals surface area contributed by atoms with E-state index in [1.165, 1.54) is 0 Å². The van der Waals surface area contributed by atoms with Crippen LogP contribution in [0.2, 0.25) is 5.04 Å². The van der Waals surface area contributed by atoms with Gasteiger partial charge in [-0.05, 0) is 21.3 Å². The lowest BCUT2D eigenvalue weighted by atomic mass is 9.80. The van der Waals surface area contributed by atoms with E-state index in [2.05, 4.69) is 45.0 Å². The molecule has 1 aliphatic carbocycles. The standard InChI is InChI=1S/C25H32BFO3Si/c1-17-20-22(28-5)25(21(17)27,30-23(20)26)16-29-31(24(2,3)4,18-12-8-6-9-13-18)19-14-10-7-11-15-19/h6-15,17,20-23H,16H2,1-5H3/t17?,20-,21?,22-,23+,25-/m0/s1. The van der Waals surface area contributed by atoms with E-state index >= 15 is 4.39 Å². The molecular weight excluding hydrogens is 406 g/mol. The number of fused-ring (bicyclic) bond motifs is 2. The maximum atomic E-state index is 15.6. The first kappa shape index (κ1) is 22.7. The molecule has 1 saturated carbocycles. The molecule has 2 aliphatic rings. The van der Waals surface area contributed by atoms with Gasteiger partial charge in [-0.25, -0.2) is 4.39 Å². The first-order chi connectivity index (χ1) is 14.7. The zero-order valence-corrected chi connectivity index (χ0v) is 20.0. The Morgan fingerprint density at radius 1 is 1.03 bits per heavy atom. The van der Waals surface area contributed by atoms with Gasteiger partial charge in [0, 0.05) is 19.0 Å². The van der Waals surface area contributed by atoms with E-state index in [0.29, 0.717) is 0 Å². The number of halogens is 1. The molecule has 6 heteroatoms. The minimum Gasteiger partial charge on any atom is -0.404 e. The smallest absolute Gasteiger partial charge is 0.261 e. The fraction of sp³-hybridized carbons (Fsp3) is 0.520. The Labute approximate surface area is 187 Å². The first-order valence-corrected chi connectivity index (χ1v) is 12.9. The quantitative estimate of drug-likeness (QED) is 0.647. The van der Waals surface area contributed by atoms with Gasteiger partial charge in [-0.15, -0.1) is 0 Å². The molecule has 2 radical (unpaired) electrons. The maximum Gasteiger partial charge on any atom is 0.261 e. The van der Waals surface area contributed by atoms with Crippen molar-refractivity contribution in [2.75, 3.05) is 13.7 Å². The van der Waals surface area contributed by atoms with Gasteiger partial charge in [-0.1, -0.05) is 88.4 Å². The van der Waals surface area contributed by atoms with Gasteiger partial charge in [-0.2, -0.15) is 0 Å². The Kier molecular flexibility index (Phi) is 5.97. The third-order valence-electron chi connectivity index (χ3n) is 7.29. The first-order valence-electron chi connectivity index (χ1n) is 11.0. The summed E-state index contributed by atoms with van der Waals surface area (Å²) in [5.41, 5.74) is -1.19. The molecule has 1 heterocycles. The van der Waals surface area contributed by atoms with Crippen LogP contribution >= 0.6 is 0 Å². The second-order valence-corrected chi connectivity index (χ2v) is 14.3. The highest BCUT2D eigenvalue weighted by atomic mass is 28.4. The summed E-state index contributed by atoms with van der Waals surface area (Å²) in [6, 6.07) is 20.2. The predicted octanol–water partition coefficient (Wildman–Crippen LogP) is 3.45. The van der Waals surface area contributed by atoms with E-state index in [1.807, 2.05) is 43.3 Å². The number of alkyl halides is 1. The van der Waals surface area contributed by atoms with Gasteiger partial charge >= 0.3 is 0 Å². The Bertz CT molecular complexity index is 851. The maximum absolute atomic E-state index is 15.6. The lowest BCUT2D eigenvalue weighted by molar-refractivity contribution is -0.147. The van der Waals surface area contributed by atoms with Crippen LogP contribution in [0.1, 0.15) is 27.7 Å². The van der Waals surface area contributed by atoms with E-state index < -0.39 is 32.2 Å². The van der Waals surface area contributed by atoms with Crippen molar-refractivity contribution in [2.24, 2.45) is 11.8 Å². The zero-order valence-electron chi connectivity index (χ0n) is 19.0. The molecule has 2 bridgehead atoms. The minimum absolute atomic E-state index is 0.106. The Morgan fingerprint density at radius 3 is 2.00 bits per heavy atom. The van der Waals surface area contributed by atoms with Crippen LogP contribution in [0.4, 0.5) is 4.39 Å². The van der Waals surface area contributed by atoms with Crippen molar-refractivity contribution in [1.29, 1.82) is 0 Å². The molecule has 0 spiro atoms. The summed E-state index contributed by atoms with van der Waals surface area (Å²) in [5, 5.41) is 2.10. The van der Waals surface area contributed by atoms with Gasteiger partial charge in [-0.3, -0.25) is 0 Å². The lowest BCUT2D eigenvalue weighted by Crippen LogP contribution is -2.68. The summed E-state index contributed by atoms with van der Waals surface area (Å²) >= 11 is 0. The number of ether oxygens (including phenoxy) is 2.